The summed E-state index contributed by atoms with van der Waals surface area (Å²) < 4.78 is 6.55. The maximum Gasteiger partial charge on any atom is 0.318 e. The minimum atomic E-state index is -0.952. The molecule has 42 heavy (non-hydrogen) atoms. The summed E-state index contributed by atoms with van der Waals surface area (Å²) >= 11 is 0.908. The first-order valence-electron chi connectivity index (χ1n) is 12.3. The van der Waals surface area contributed by atoms with Crippen molar-refractivity contribution < 1.29 is 24.5 Å². The third-order valence-corrected chi connectivity index (χ3v) is 7.51. The molecule has 4 aromatic rings. The number of nitrogens with one attached hydrogen (secondary N) is 1. The molecule has 0 bridgehead atoms. The number of phenols is 1. The molecule has 0 saturated heterocycles. The van der Waals surface area contributed by atoms with Crippen LogP contribution in [0.4, 0.5) is 17.1 Å². The highest BCUT2D eigenvalue weighted by Gasteiger charge is 2.33. The number of hydrogen-bond donors (Lipinski definition) is 2. The van der Waals surface area contributed by atoms with Crippen LogP contribution in [0.3, 0.4) is 0 Å². The van der Waals surface area contributed by atoms with Gasteiger partial charge in [-0.05, 0) is 42.8 Å². The molecule has 1 aromatic heterocycles. The minimum Gasteiger partial charge on any atom is -0.502 e. The van der Waals surface area contributed by atoms with Crippen molar-refractivity contribution >= 4 is 40.4 Å². The first-order chi connectivity index (χ1) is 20.1. The summed E-state index contributed by atoms with van der Waals surface area (Å²) in [5.41, 5.74) is -0.755. The maximum atomic E-state index is 13.9. The molecule has 1 amide bonds. The molecule has 0 aliphatic carbocycles. The number of aromatic hydroxyl groups is 1. The zero-order chi connectivity index (χ0) is 30.1. The monoisotopic (exact) mass is 587 g/mol. The fourth-order valence-corrected chi connectivity index (χ4v) is 5.59. The number of methoxy groups -OCH3 is 1. The van der Waals surface area contributed by atoms with Gasteiger partial charge in [-0.1, -0.05) is 41.7 Å². The summed E-state index contributed by atoms with van der Waals surface area (Å²) in [7, 11) is 1.51. The first-order valence-corrected chi connectivity index (χ1v) is 13.1. The van der Waals surface area contributed by atoms with Crippen molar-refractivity contribution in [3.63, 3.8) is 0 Å². The second-order valence-electron chi connectivity index (χ2n) is 9.09. The number of anilines is 1. The zero-order valence-electron chi connectivity index (χ0n) is 22.0. The van der Waals surface area contributed by atoms with E-state index in [0.717, 1.165) is 23.5 Å². The number of phenolic OH excluding ortho intramolecular Hbond substituents is 1. The van der Waals surface area contributed by atoms with E-state index in [1.54, 1.807) is 61.5 Å². The number of non-ortho nitro benzene ring substituents is 1. The number of aromatic nitrogens is 1. The van der Waals surface area contributed by atoms with Gasteiger partial charge in [-0.15, -0.1) is 0 Å². The van der Waals surface area contributed by atoms with Crippen LogP contribution in [0.25, 0.3) is 6.08 Å². The minimum absolute atomic E-state index is 0.0186. The van der Waals surface area contributed by atoms with Gasteiger partial charge in [0.15, 0.2) is 4.80 Å². The van der Waals surface area contributed by atoms with E-state index in [2.05, 4.69) is 10.3 Å². The molecule has 5 rings (SSSR count). The van der Waals surface area contributed by atoms with Gasteiger partial charge in [0.05, 0.1) is 44.9 Å². The van der Waals surface area contributed by atoms with Crippen LogP contribution in [0, 0.1) is 20.2 Å². The van der Waals surface area contributed by atoms with Crippen molar-refractivity contribution in [1.29, 1.82) is 0 Å². The van der Waals surface area contributed by atoms with Gasteiger partial charge >= 0.3 is 5.69 Å². The molecule has 14 heteroatoms. The van der Waals surface area contributed by atoms with Crippen LogP contribution in [0.1, 0.15) is 24.1 Å². The number of fused-ring (bicyclic) bond motifs is 1. The Morgan fingerprint density at radius 2 is 1.79 bits per heavy atom. The van der Waals surface area contributed by atoms with Gasteiger partial charge in [-0.25, -0.2) is 4.99 Å². The highest BCUT2D eigenvalue weighted by atomic mass is 32.1. The van der Waals surface area contributed by atoms with E-state index < -0.39 is 44.5 Å². The first kappa shape index (κ1) is 27.9. The lowest BCUT2D eigenvalue weighted by molar-refractivity contribution is -0.394. The van der Waals surface area contributed by atoms with Crippen molar-refractivity contribution in [2.45, 2.75) is 13.0 Å². The number of carbonyl (C=O) groups is 1. The number of ether oxygens (including phenoxy) is 1. The predicted molar refractivity (Wildman–Crippen MR) is 153 cm³/mol. The number of para-hydroxylation sites is 1. The normalized spacial score (nSPS) is 14.6. The lowest BCUT2D eigenvalue weighted by Gasteiger charge is -2.25. The third-order valence-electron chi connectivity index (χ3n) is 6.53. The average molecular weight is 588 g/mol. The summed E-state index contributed by atoms with van der Waals surface area (Å²) in [6, 6.07) is 16.2. The van der Waals surface area contributed by atoms with E-state index in [9.17, 15) is 34.9 Å². The topological polar surface area (TPSA) is 179 Å². The fraction of sp³-hybridized carbons (Fsp3) is 0.107. The Kier molecular flexibility index (Phi) is 7.37. The number of carbonyl (C=O) groups excluding carboxylic acids is 1. The zero-order valence-corrected chi connectivity index (χ0v) is 22.8. The largest absolute Gasteiger partial charge is 0.502 e. The van der Waals surface area contributed by atoms with Gasteiger partial charge in [0, 0.05) is 17.3 Å². The Bertz CT molecular complexity index is 1960. The van der Waals surface area contributed by atoms with Crippen LogP contribution in [0.2, 0.25) is 0 Å². The van der Waals surface area contributed by atoms with Gasteiger partial charge in [0.25, 0.3) is 17.2 Å². The molecule has 0 radical (unpaired) electrons. The number of thiazole rings is 1. The Morgan fingerprint density at radius 3 is 2.40 bits per heavy atom. The smallest absolute Gasteiger partial charge is 0.318 e. The number of nitro groups is 2. The van der Waals surface area contributed by atoms with E-state index >= 15 is 0 Å². The summed E-state index contributed by atoms with van der Waals surface area (Å²) in [5, 5.41) is 36.1. The molecule has 1 atom stereocenters. The molecule has 1 aliphatic heterocycles. The highest BCUT2D eigenvalue weighted by Crippen LogP contribution is 2.35. The molecule has 0 saturated carbocycles. The third kappa shape index (κ3) is 5.13. The molecule has 0 fully saturated rings. The lowest BCUT2D eigenvalue weighted by Crippen LogP contribution is -2.40. The van der Waals surface area contributed by atoms with E-state index in [0.29, 0.717) is 28.8 Å². The van der Waals surface area contributed by atoms with Crippen LogP contribution in [0.15, 0.2) is 87.8 Å². The van der Waals surface area contributed by atoms with E-state index in [1.165, 1.54) is 11.7 Å². The summed E-state index contributed by atoms with van der Waals surface area (Å²) in [4.78, 5) is 53.2. The molecule has 13 nitrogen and oxygen atoms in total. The van der Waals surface area contributed by atoms with Gasteiger partial charge in [0.2, 0.25) is 5.75 Å². The second-order valence-corrected chi connectivity index (χ2v) is 10.1. The Morgan fingerprint density at radius 1 is 1.10 bits per heavy atom. The fourth-order valence-electron chi connectivity index (χ4n) is 4.55. The van der Waals surface area contributed by atoms with Crippen molar-refractivity contribution in [3.05, 3.63) is 129 Å². The number of nitro benzene ring substituents is 2. The summed E-state index contributed by atoms with van der Waals surface area (Å²) in [6.45, 7) is 1.64. The molecule has 212 valence electrons. The summed E-state index contributed by atoms with van der Waals surface area (Å²) in [5.74, 6) is -0.753. The predicted octanol–water partition coefficient (Wildman–Crippen LogP) is 3.40. The standard InChI is InChI=1S/C28H21N5O8S/c1-15-23(26(35)30-18-6-4-3-5-7-18)24(16-8-10-20(41-2)11-9-16)31-27(36)22(42-28(31)29-15)13-17-12-19(32(37)38)14-21(25(17)34)33(39)40/h3-14,24,34H,1-2H3,(H,30,35)/b22-13+/t24-/m0/s1. The van der Waals surface area contributed by atoms with Crippen LogP contribution in [-0.2, 0) is 4.79 Å². The average Bonchev–Trinajstić information content (AvgIpc) is 3.27. The molecule has 0 unspecified atom stereocenters. The van der Waals surface area contributed by atoms with Crippen LogP contribution >= 0.6 is 11.3 Å². The molecular formula is C28H21N5O8S. The van der Waals surface area contributed by atoms with Crippen LogP contribution in [-0.4, -0.2) is 32.5 Å². The number of rotatable bonds is 7. The molecule has 0 spiro atoms. The van der Waals surface area contributed by atoms with Gasteiger partial charge in [-0.3, -0.25) is 34.4 Å². The Labute approximate surface area is 240 Å². The number of nitrogens with zero attached hydrogens (tertiary/aromatic N) is 4. The SMILES string of the molecule is COc1ccc([C@H]2C(C(=O)Nc3ccccc3)=C(C)N=c3s/c(=C/c4cc([N+](=O)[O-])cc([N+](=O)[O-])c4O)c(=O)n32)cc1. The van der Waals surface area contributed by atoms with Crippen molar-refractivity contribution in [1.82, 2.24) is 4.57 Å². The highest BCUT2D eigenvalue weighted by molar-refractivity contribution is 7.07. The van der Waals surface area contributed by atoms with Gasteiger partial charge in [-0.2, -0.15) is 0 Å². The molecule has 2 N–H and O–H groups in total. The molecule has 3 aromatic carbocycles. The number of allylic oxidation sites excluding steroid dienone is 1. The van der Waals surface area contributed by atoms with E-state index in [1.807, 2.05) is 0 Å². The molecular weight excluding hydrogens is 566 g/mol. The van der Waals surface area contributed by atoms with Gasteiger partial charge < -0.3 is 15.2 Å². The molecule has 1 aliphatic rings. The van der Waals surface area contributed by atoms with Crippen molar-refractivity contribution in [2.75, 3.05) is 12.4 Å². The van der Waals surface area contributed by atoms with E-state index in [-0.39, 0.29) is 20.5 Å². The summed E-state index contributed by atoms with van der Waals surface area (Å²) in [6.07, 6.45) is 1.13. The maximum absolute atomic E-state index is 13.9. The quantitative estimate of drug-likeness (QED) is 0.244. The number of hydrogen-bond acceptors (Lipinski definition) is 10. The Hall–Kier alpha value is -5.63. The Balaban J connectivity index is 1.71. The van der Waals surface area contributed by atoms with E-state index in [4.69, 9.17) is 4.74 Å². The van der Waals surface area contributed by atoms with Crippen LogP contribution in [0.5, 0.6) is 11.5 Å². The second kappa shape index (κ2) is 11.1. The molecule has 2 heterocycles. The van der Waals surface area contributed by atoms with Gasteiger partial charge in [0.1, 0.15) is 5.75 Å². The number of amides is 1. The van der Waals surface area contributed by atoms with Crippen LogP contribution < -0.4 is 24.9 Å². The van der Waals surface area contributed by atoms with Crippen molar-refractivity contribution in [3.8, 4) is 11.5 Å². The van der Waals surface area contributed by atoms with Crippen molar-refractivity contribution in [2.24, 2.45) is 4.99 Å². The number of benzene rings is 3. The lowest BCUT2D eigenvalue weighted by atomic mass is 9.95.